The highest BCUT2D eigenvalue weighted by atomic mass is 32.2. The van der Waals surface area contributed by atoms with E-state index in [9.17, 15) is 4.79 Å². The van der Waals surface area contributed by atoms with Gasteiger partial charge in [0, 0.05) is 17.3 Å². The Morgan fingerprint density at radius 1 is 1.25 bits per heavy atom. The number of nitrogen functional groups attached to an aromatic ring is 1. The molecule has 0 bridgehead atoms. The number of rotatable bonds is 4. The van der Waals surface area contributed by atoms with Crippen LogP contribution in [0.25, 0.3) is 0 Å². The normalized spacial score (nSPS) is 11.9. The van der Waals surface area contributed by atoms with Gasteiger partial charge in [0.2, 0.25) is 0 Å². The molecule has 5 nitrogen and oxygen atoms in total. The van der Waals surface area contributed by atoms with E-state index in [4.69, 9.17) is 5.73 Å². The summed E-state index contributed by atoms with van der Waals surface area (Å²) in [5.41, 5.74) is 6.82. The molecule has 3 N–H and O–H groups in total. The summed E-state index contributed by atoms with van der Waals surface area (Å²) in [5, 5.41) is 2.86. The minimum absolute atomic E-state index is 0.125. The van der Waals surface area contributed by atoms with Crippen molar-refractivity contribution < 1.29 is 4.79 Å². The van der Waals surface area contributed by atoms with E-state index in [-0.39, 0.29) is 23.5 Å². The van der Waals surface area contributed by atoms with Crippen molar-refractivity contribution in [1.29, 1.82) is 0 Å². The van der Waals surface area contributed by atoms with Crippen LogP contribution in [0.5, 0.6) is 0 Å². The summed E-state index contributed by atoms with van der Waals surface area (Å²) in [6, 6.07) is 7.92. The molecule has 0 saturated carbocycles. The van der Waals surface area contributed by atoms with Gasteiger partial charge in [-0.3, -0.25) is 4.79 Å². The molecule has 2 rings (SSSR count). The number of nitrogens with zero attached hydrogens (tertiary/aromatic N) is 2. The summed E-state index contributed by atoms with van der Waals surface area (Å²) in [5.74, 6) is -0.188. The first kappa shape index (κ1) is 14.3. The molecular formula is C14H16N4OS. The van der Waals surface area contributed by atoms with Crippen LogP contribution in [-0.2, 0) is 0 Å². The maximum atomic E-state index is 12.1. The molecule has 0 fully saturated rings. The summed E-state index contributed by atoms with van der Waals surface area (Å²) in [4.78, 5) is 21.1. The van der Waals surface area contributed by atoms with Crippen molar-refractivity contribution in [3.63, 3.8) is 0 Å². The van der Waals surface area contributed by atoms with Crippen LogP contribution in [0.15, 0.2) is 41.6 Å². The van der Waals surface area contributed by atoms with Gasteiger partial charge in [-0.25, -0.2) is 9.97 Å². The zero-order valence-electron chi connectivity index (χ0n) is 11.3. The number of nitrogens with one attached hydrogen (secondary N) is 1. The lowest BCUT2D eigenvalue weighted by atomic mass is 10.1. The van der Waals surface area contributed by atoms with Crippen molar-refractivity contribution in [3.05, 3.63) is 47.9 Å². The number of amides is 1. The fraction of sp³-hybridized carbons (Fsp3) is 0.214. The molecular weight excluding hydrogens is 272 g/mol. The van der Waals surface area contributed by atoms with E-state index in [0.717, 1.165) is 5.56 Å². The number of benzene rings is 1. The molecule has 0 spiro atoms. The topological polar surface area (TPSA) is 80.9 Å². The van der Waals surface area contributed by atoms with Crippen LogP contribution in [0.3, 0.4) is 0 Å². The summed E-state index contributed by atoms with van der Waals surface area (Å²) >= 11 is 1.68. The van der Waals surface area contributed by atoms with Gasteiger partial charge in [0.1, 0.15) is 0 Å². The van der Waals surface area contributed by atoms with Crippen LogP contribution in [0, 0.1) is 0 Å². The van der Waals surface area contributed by atoms with Crippen molar-refractivity contribution >= 4 is 23.5 Å². The molecule has 20 heavy (non-hydrogen) atoms. The molecule has 6 heteroatoms. The first-order chi connectivity index (χ1) is 9.61. The molecule has 104 valence electrons. The van der Waals surface area contributed by atoms with Crippen molar-refractivity contribution in [2.45, 2.75) is 17.9 Å². The second-order valence-electron chi connectivity index (χ2n) is 4.26. The van der Waals surface area contributed by atoms with Gasteiger partial charge in [-0.2, -0.15) is 0 Å². The molecule has 0 aliphatic heterocycles. The molecule has 2 aromatic rings. The Morgan fingerprint density at radius 3 is 2.50 bits per heavy atom. The van der Waals surface area contributed by atoms with E-state index in [0.29, 0.717) is 0 Å². The lowest BCUT2D eigenvalue weighted by Crippen LogP contribution is -2.28. The van der Waals surface area contributed by atoms with E-state index in [1.165, 1.54) is 17.3 Å². The van der Waals surface area contributed by atoms with Crippen LogP contribution < -0.4 is 11.1 Å². The van der Waals surface area contributed by atoms with Gasteiger partial charge in [0.25, 0.3) is 5.91 Å². The van der Waals surface area contributed by atoms with Crippen molar-refractivity contribution in [2.75, 3.05) is 12.0 Å². The van der Waals surface area contributed by atoms with Crippen LogP contribution >= 0.6 is 11.8 Å². The monoisotopic (exact) mass is 288 g/mol. The molecule has 1 atom stereocenters. The summed E-state index contributed by atoms with van der Waals surface area (Å²) in [7, 11) is 0. The van der Waals surface area contributed by atoms with E-state index in [2.05, 4.69) is 15.3 Å². The number of carbonyl (C=O) groups is 1. The minimum Gasteiger partial charge on any atom is -0.382 e. The number of thioether (sulfide) groups is 1. The highest BCUT2D eigenvalue weighted by Crippen LogP contribution is 2.19. The third-order valence-corrected chi connectivity index (χ3v) is 3.65. The molecule has 1 heterocycles. The van der Waals surface area contributed by atoms with Gasteiger partial charge >= 0.3 is 0 Å². The molecule has 1 unspecified atom stereocenters. The smallest absolute Gasteiger partial charge is 0.274 e. The van der Waals surface area contributed by atoms with Crippen molar-refractivity contribution in [1.82, 2.24) is 15.3 Å². The maximum Gasteiger partial charge on any atom is 0.274 e. The first-order valence-corrected chi connectivity index (χ1v) is 7.35. The number of anilines is 1. The number of hydrogen-bond donors (Lipinski definition) is 2. The lowest BCUT2D eigenvalue weighted by molar-refractivity contribution is 0.0935. The Kier molecular flexibility index (Phi) is 4.57. The highest BCUT2D eigenvalue weighted by molar-refractivity contribution is 7.98. The number of nitrogens with two attached hydrogens (primary N) is 1. The summed E-state index contributed by atoms with van der Waals surface area (Å²) < 4.78 is 0. The highest BCUT2D eigenvalue weighted by Gasteiger charge is 2.15. The third-order valence-electron chi connectivity index (χ3n) is 2.91. The molecule has 0 radical (unpaired) electrons. The van der Waals surface area contributed by atoms with Gasteiger partial charge in [0.05, 0.1) is 6.04 Å². The average molecular weight is 288 g/mol. The van der Waals surface area contributed by atoms with Crippen molar-refractivity contribution in [3.8, 4) is 0 Å². The van der Waals surface area contributed by atoms with Gasteiger partial charge < -0.3 is 11.1 Å². The largest absolute Gasteiger partial charge is 0.382 e. The Morgan fingerprint density at radius 2 is 1.90 bits per heavy atom. The van der Waals surface area contributed by atoms with Gasteiger partial charge in [-0.05, 0) is 30.9 Å². The predicted molar refractivity (Wildman–Crippen MR) is 80.5 cm³/mol. The van der Waals surface area contributed by atoms with E-state index < -0.39 is 0 Å². The van der Waals surface area contributed by atoms with Gasteiger partial charge in [0.15, 0.2) is 11.5 Å². The summed E-state index contributed by atoms with van der Waals surface area (Å²) in [6.07, 6.45) is 4.93. The Bertz CT molecular complexity index is 600. The number of carbonyl (C=O) groups excluding carboxylic acids is 1. The van der Waals surface area contributed by atoms with Crippen LogP contribution in [0.2, 0.25) is 0 Å². The molecule has 1 aromatic carbocycles. The Labute approximate surface area is 122 Å². The zero-order chi connectivity index (χ0) is 14.5. The second kappa shape index (κ2) is 6.38. The minimum atomic E-state index is -0.322. The molecule has 1 aromatic heterocycles. The maximum absolute atomic E-state index is 12.1. The van der Waals surface area contributed by atoms with Crippen LogP contribution in [0.4, 0.5) is 5.82 Å². The fourth-order valence-corrected chi connectivity index (χ4v) is 2.17. The predicted octanol–water partition coefficient (Wildman–Crippen LogP) is 2.27. The summed E-state index contributed by atoms with van der Waals surface area (Å²) in [6.45, 7) is 1.92. The lowest BCUT2D eigenvalue weighted by Gasteiger charge is -2.14. The number of aromatic nitrogens is 2. The van der Waals surface area contributed by atoms with Crippen LogP contribution in [-0.4, -0.2) is 22.1 Å². The molecule has 0 aliphatic carbocycles. The average Bonchev–Trinajstić information content (AvgIpc) is 2.47. The number of hydrogen-bond acceptors (Lipinski definition) is 5. The van der Waals surface area contributed by atoms with E-state index in [1.807, 2.05) is 37.4 Å². The molecule has 0 aliphatic rings. The van der Waals surface area contributed by atoms with Gasteiger partial charge in [-0.15, -0.1) is 11.8 Å². The third kappa shape index (κ3) is 3.27. The van der Waals surface area contributed by atoms with E-state index >= 15 is 0 Å². The Hall–Kier alpha value is -2.08. The van der Waals surface area contributed by atoms with Crippen LogP contribution in [0.1, 0.15) is 29.0 Å². The molecule has 0 saturated heterocycles. The molecule has 1 amide bonds. The standard InChI is InChI=1S/C14H16N4OS/c1-9(10-3-5-11(20-2)6-4-10)18-14(19)12-13(15)17-8-7-16-12/h3-9H,1-2H3,(H2,15,17)(H,18,19). The first-order valence-electron chi connectivity index (χ1n) is 6.13. The fourth-order valence-electron chi connectivity index (χ4n) is 1.76. The zero-order valence-corrected chi connectivity index (χ0v) is 12.1. The van der Waals surface area contributed by atoms with E-state index in [1.54, 1.807) is 11.8 Å². The van der Waals surface area contributed by atoms with Crippen molar-refractivity contribution in [2.24, 2.45) is 0 Å². The second-order valence-corrected chi connectivity index (χ2v) is 5.14. The van der Waals surface area contributed by atoms with Gasteiger partial charge in [-0.1, -0.05) is 12.1 Å². The SMILES string of the molecule is CSc1ccc(C(C)NC(=O)c2nccnc2N)cc1. The quantitative estimate of drug-likeness (QED) is 0.844. The Balaban J connectivity index is 2.09.